The van der Waals surface area contributed by atoms with E-state index < -0.39 is 29.7 Å². The maximum absolute atomic E-state index is 13.5. The highest BCUT2D eigenvalue weighted by atomic mass is 16.5. The lowest BCUT2D eigenvalue weighted by molar-refractivity contribution is -0.163. The van der Waals surface area contributed by atoms with Gasteiger partial charge in [0.2, 0.25) is 11.8 Å². The smallest absolute Gasteiger partial charge is 0.262 e. The van der Waals surface area contributed by atoms with Crippen LogP contribution < -0.4 is 25.0 Å². The second-order valence-electron chi connectivity index (χ2n) is 16.9. The number of hydrogen-bond donors (Lipinski definition) is 2. The van der Waals surface area contributed by atoms with E-state index in [1.165, 1.54) is 0 Å². The number of fused-ring (bicyclic) bond motifs is 2. The number of nitrogens with one attached hydrogen (secondary N) is 2. The minimum Gasteiger partial charge on any atom is -0.494 e. The number of amides is 5. The fraction of sp³-hybridized carbons (Fsp3) is 0.400. The van der Waals surface area contributed by atoms with Crippen molar-refractivity contribution in [2.45, 2.75) is 65.1 Å². The van der Waals surface area contributed by atoms with Crippen molar-refractivity contribution in [1.82, 2.24) is 25.4 Å². The van der Waals surface area contributed by atoms with Crippen LogP contribution >= 0.6 is 0 Å². The third-order valence-corrected chi connectivity index (χ3v) is 12.4. The lowest BCUT2D eigenvalue weighted by atomic mass is 9.49. The van der Waals surface area contributed by atoms with Gasteiger partial charge in [-0.05, 0) is 79.6 Å². The summed E-state index contributed by atoms with van der Waals surface area (Å²) in [6.07, 6.45) is 2.48. The number of ether oxygens (including phenoxy) is 2. The standard InChI is InChI=1S/C45H47N7O7/c1-44(2)42(45(3,4)43(44)59-35-16-10-28(26-46)37-32(35)7-5-18-47-37)49-38(54)27-8-12-30(13-9-27)58-24-6-19-50-20-22-51(23-21-50)29-11-14-31-33(25-29)41(57)52(40(31)56)34-15-17-36(53)48-39(34)55/h5,7-14,16,18,25,34,42-43H,6,15,17,19-24H2,1-4H3,(H,49,54)(H,48,53,55). The first-order valence-electron chi connectivity index (χ1n) is 20.1. The van der Waals surface area contributed by atoms with Crippen LogP contribution in [-0.4, -0.2) is 102 Å². The Morgan fingerprint density at radius 3 is 2.37 bits per heavy atom. The highest BCUT2D eigenvalue weighted by Gasteiger charge is 2.64. The van der Waals surface area contributed by atoms with Crippen molar-refractivity contribution in [2.24, 2.45) is 10.8 Å². The van der Waals surface area contributed by atoms with E-state index in [4.69, 9.17) is 9.47 Å². The number of piperazine rings is 1. The molecule has 5 amide bonds. The van der Waals surface area contributed by atoms with Gasteiger partial charge in [0.25, 0.3) is 17.7 Å². The molecule has 4 heterocycles. The Bertz CT molecular complexity index is 2380. The molecule has 1 atom stereocenters. The molecule has 59 heavy (non-hydrogen) atoms. The molecule has 2 saturated heterocycles. The molecule has 0 spiro atoms. The van der Waals surface area contributed by atoms with Crippen LogP contribution in [0.3, 0.4) is 0 Å². The summed E-state index contributed by atoms with van der Waals surface area (Å²) >= 11 is 0. The van der Waals surface area contributed by atoms with Gasteiger partial charge in [0, 0.05) is 78.9 Å². The summed E-state index contributed by atoms with van der Waals surface area (Å²) in [5, 5.41) is 15.8. The highest BCUT2D eigenvalue weighted by molar-refractivity contribution is 6.23. The van der Waals surface area contributed by atoms with Gasteiger partial charge in [0.05, 0.1) is 28.8 Å². The predicted molar refractivity (Wildman–Crippen MR) is 218 cm³/mol. The number of pyridine rings is 1. The first-order valence-corrected chi connectivity index (χ1v) is 20.1. The van der Waals surface area contributed by atoms with E-state index in [1.54, 1.807) is 36.5 Å². The zero-order valence-corrected chi connectivity index (χ0v) is 33.6. The molecule has 1 aromatic heterocycles. The number of carbonyl (C=O) groups is 5. The Kier molecular flexibility index (Phi) is 10.3. The number of aromatic nitrogens is 1. The molecule has 1 aliphatic carbocycles. The Balaban J connectivity index is 0.782. The molecule has 2 N–H and O–H groups in total. The summed E-state index contributed by atoms with van der Waals surface area (Å²) in [5.41, 5.74) is 2.28. The molecule has 3 aliphatic heterocycles. The van der Waals surface area contributed by atoms with Gasteiger partial charge >= 0.3 is 0 Å². The van der Waals surface area contributed by atoms with Crippen molar-refractivity contribution >= 4 is 46.1 Å². The molecule has 3 fully saturated rings. The minimum absolute atomic E-state index is 0.0803. The normalized spacial score (nSPS) is 22.3. The molecule has 14 heteroatoms. The first kappa shape index (κ1) is 39.5. The molecular formula is C45H47N7O7. The fourth-order valence-electron chi connectivity index (χ4n) is 9.55. The first-order chi connectivity index (χ1) is 28.3. The molecule has 0 bridgehead atoms. The van der Waals surface area contributed by atoms with Gasteiger partial charge in [-0.15, -0.1) is 0 Å². The van der Waals surface area contributed by atoms with Crippen molar-refractivity contribution in [3.63, 3.8) is 0 Å². The number of nitriles is 1. The third kappa shape index (κ3) is 7.24. The zero-order chi connectivity index (χ0) is 41.6. The number of piperidine rings is 1. The maximum Gasteiger partial charge on any atom is 0.262 e. The van der Waals surface area contributed by atoms with Gasteiger partial charge in [0.1, 0.15) is 29.7 Å². The third-order valence-electron chi connectivity index (χ3n) is 12.4. The minimum atomic E-state index is -0.987. The highest BCUT2D eigenvalue weighted by Crippen LogP contribution is 2.56. The molecule has 1 unspecified atom stereocenters. The molecule has 4 aliphatic rings. The average Bonchev–Trinajstić information content (AvgIpc) is 3.48. The van der Waals surface area contributed by atoms with Gasteiger partial charge in [-0.25, -0.2) is 0 Å². The maximum atomic E-state index is 13.5. The van der Waals surface area contributed by atoms with Gasteiger partial charge in [-0.2, -0.15) is 5.26 Å². The van der Waals surface area contributed by atoms with Crippen LogP contribution in [-0.2, 0) is 9.59 Å². The van der Waals surface area contributed by atoms with E-state index in [0.29, 0.717) is 34.7 Å². The predicted octanol–water partition coefficient (Wildman–Crippen LogP) is 4.71. The van der Waals surface area contributed by atoms with E-state index >= 15 is 0 Å². The monoisotopic (exact) mass is 797 g/mol. The van der Waals surface area contributed by atoms with Crippen molar-refractivity contribution in [3.05, 3.63) is 95.2 Å². The SMILES string of the molecule is CC1(C)C(NC(=O)c2ccc(OCCCN3CCN(c4ccc5c(c4)C(=O)N(C4CCC(=O)NC4=O)C5=O)CC3)cc2)C(C)(C)C1Oc1ccc(C#N)c2ncccc12. The van der Waals surface area contributed by atoms with E-state index in [1.807, 2.05) is 36.4 Å². The van der Waals surface area contributed by atoms with Crippen LogP contribution in [0.5, 0.6) is 11.5 Å². The Hall–Kier alpha value is -6.33. The van der Waals surface area contributed by atoms with E-state index in [0.717, 1.165) is 55.1 Å². The second kappa shape index (κ2) is 15.4. The Morgan fingerprint density at radius 1 is 0.932 bits per heavy atom. The number of imide groups is 2. The van der Waals surface area contributed by atoms with Crippen molar-refractivity contribution in [2.75, 3.05) is 44.2 Å². The Morgan fingerprint density at radius 2 is 1.66 bits per heavy atom. The van der Waals surface area contributed by atoms with Crippen molar-refractivity contribution < 1.29 is 33.4 Å². The number of rotatable bonds is 11. The molecule has 0 radical (unpaired) electrons. The van der Waals surface area contributed by atoms with E-state index in [-0.39, 0.29) is 52.9 Å². The number of anilines is 1. The number of benzene rings is 3. The van der Waals surface area contributed by atoms with Crippen LogP contribution in [0.25, 0.3) is 10.9 Å². The van der Waals surface area contributed by atoms with Crippen LogP contribution in [0.2, 0.25) is 0 Å². The van der Waals surface area contributed by atoms with Crippen LogP contribution in [0.15, 0.2) is 72.9 Å². The van der Waals surface area contributed by atoms with Gasteiger partial charge in [-0.3, -0.25) is 44.1 Å². The summed E-state index contributed by atoms with van der Waals surface area (Å²) in [5.74, 6) is -0.849. The molecule has 304 valence electrons. The Labute approximate surface area is 342 Å². The molecule has 3 aromatic carbocycles. The van der Waals surface area contributed by atoms with E-state index in [9.17, 15) is 29.2 Å². The summed E-state index contributed by atoms with van der Waals surface area (Å²) in [7, 11) is 0. The summed E-state index contributed by atoms with van der Waals surface area (Å²) < 4.78 is 12.6. The van der Waals surface area contributed by atoms with Crippen LogP contribution in [0, 0.1) is 22.2 Å². The average molecular weight is 798 g/mol. The zero-order valence-electron chi connectivity index (χ0n) is 33.6. The molecular weight excluding hydrogens is 751 g/mol. The molecule has 1 saturated carbocycles. The molecule has 8 rings (SSSR count). The van der Waals surface area contributed by atoms with E-state index in [2.05, 4.69) is 59.2 Å². The van der Waals surface area contributed by atoms with Crippen LogP contribution in [0.1, 0.15) is 83.6 Å². The van der Waals surface area contributed by atoms with Crippen molar-refractivity contribution in [1.29, 1.82) is 5.26 Å². The summed E-state index contributed by atoms with van der Waals surface area (Å²) in [4.78, 5) is 73.8. The number of hydrogen-bond acceptors (Lipinski definition) is 11. The number of carbonyl (C=O) groups excluding carboxylic acids is 5. The summed E-state index contributed by atoms with van der Waals surface area (Å²) in [6.45, 7) is 12.9. The van der Waals surface area contributed by atoms with Crippen LogP contribution in [0.4, 0.5) is 5.69 Å². The van der Waals surface area contributed by atoms with Gasteiger partial charge in [0.15, 0.2) is 0 Å². The molecule has 14 nitrogen and oxygen atoms in total. The van der Waals surface area contributed by atoms with Gasteiger partial charge < -0.3 is 19.7 Å². The lowest BCUT2D eigenvalue weighted by Gasteiger charge is -2.63. The quantitative estimate of drug-likeness (QED) is 0.159. The topological polar surface area (TPSA) is 174 Å². The lowest BCUT2D eigenvalue weighted by Crippen LogP contribution is -2.74. The molecule has 4 aromatic rings. The second-order valence-corrected chi connectivity index (χ2v) is 16.9. The van der Waals surface area contributed by atoms with Gasteiger partial charge in [-0.1, -0.05) is 27.7 Å². The number of nitrogens with zero attached hydrogens (tertiary/aromatic N) is 5. The fourth-order valence-corrected chi connectivity index (χ4v) is 9.55. The largest absolute Gasteiger partial charge is 0.494 e. The summed E-state index contributed by atoms with van der Waals surface area (Å²) in [6, 6.07) is 20.8. The van der Waals surface area contributed by atoms with Crippen molar-refractivity contribution in [3.8, 4) is 17.6 Å².